The van der Waals surface area contributed by atoms with Gasteiger partial charge < -0.3 is 20.3 Å². The van der Waals surface area contributed by atoms with Crippen molar-refractivity contribution >= 4 is 29.9 Å². The van der Waals surface area contributed by atoms with Crippen LogP contribution in [0.1, 0.15) is 40.5 Å². The SMILES string of the molecule is CCN(CC)C(CNC(=NC)NCCN(C)CCCOC)CC(C)C.I. The molecule has 1 atom stereocenters. The summed E-state index contributed by atoms with van der Waals surface area (Å²) in [6.45, 7) is 16.0. The van der Waals surface area contributed by atoms with Crippen molar-refractivity contribution in [2.45, 2.75) is 46.6 Å². The molecule has 0 aromatic rings. The summed E-state index contributed by atoms with van der Waals surface area (Å²) in [4.78, 5) is 9.21. The van der Waals surface area contributed by atoms with Gasteiger partial charge in [0.15, 0.2) is 5.96 Å². The Balaban J connectivity index is 0. The molecule has 6 nitrogen and oxygen atoms in total. The van der Waals surface area contributed by atoms with Gasteiger partial charge in [0, 0.05) is 53.0 Å². The summed E-state index contributed by atoms with van der Waals surface area (Å²) in [6.07, 6.45) is 2.27. The molecular weight excluding hydrogens is 441 g/mol. The molecule has 158 valence electrons. The van der Waals surface area contributed by atoms with E-state index in [1.807, 2.05) is 7.05 Å². The highest BCUT2D eigenvalue weighted by molar-refractivity contribution is 14.0. The molecule has 0 amide bonds. The highest BCUT2D eigenvalue weighted by atomic mass is 127. The Morgan fingerprint density at radius 2 is 1.77 bits per heavy atom. The van der Waals surface area contributed by atoms with Gasteiger partial charge in [-0.15, -0.1) is 24.0 Å². The Hall–Kier alpha value is -0.120. The summed E-state index contributed by atoms with van der Waals surface area (Å²) in [6, 6.07) is 0.547. The molecule has 0 saturated carbocycles. The first-order chi connectivity index (χ1) is 12.0. The van der Waals surface area contributed by atoms with Crippen molar-refractivity contribution in [1.82, 2.24) is 20.4 Å². The topological polar surface area (TPSA) is 52.1 Å². The second-order valence-corrected chi connectivity index (χ2v) is 7.03. The van der Waals surface area contributed by atoms with Crippen LogP contribution >= 0.6 is 24.0 Å². The van der Waals surface area contributed by atoms with Gasteiger partial charge in [0.05, 0.1) is 0 Å². The number of hydrogen-bond donors (Lipinski definition) is 2. The maximum absolute atomic E-state index is 5.10. The zero-order chi connectivity index (χ0) is 19.1. The molecule has 26 heavy (non-hydrogen) atoms. The van der Waals surface area contributed by atoms with Crippen molar-refractivity contribution in [2.75, 3.05) is 67.1 Å². The zero-order valence-corrected chi connectivity index (χ0v) is 20.5. The number of nitrogens with one attached hydrogen (secondary N) is 2. The smallest absolute Gasteiger partial charge is 0.191 e. The quantitative estimate of drug-likeness (QED) is 0.171. The minimum absolute atomic E-state index is 0. The molecule has 1 unspecified atom stereocenters. The standard InChI is InChI=1S/C19H43N5O.HI/c1-8-24(9-2)18(15-17(3)4)16-22-19(20-5)21-11-13-23(6)12-10-14-25-7;/h17-18H,8-16H2,1-7H3,(H2,20,21,22);1H. The third kappa shape index (κ3) is 14.0. The van der Waals surface area contributed by atoms with E-state index in [0.717, 1.165) is 58.3 Å². The minimum atomic E-state index is 0. The average molecular weight is 485 g/mol. The van der Waals surface area contributed by atoms with Crippen LogP contribution < -0.4 is 10.6 Å². The Bertz CT molecular complexity index is 338. The average Bonchev–Trinajstić information content (AvgIpc) is 2.58. The second kappa shape index (κ2) is 18.3. The number of halogens is 1. The lowest BCUT2D eigenvalue weighted by Crippen LogP contribution is -2.48. The van der Waals surface area contributed by atoms with Crippen molar-refractivity contribution < 1.29 is 4.74 Å². The Labute approximate surface area is 179 Å². The molecule has 0 rings (SSSR count). The summed E-state index contributed by atoms with van der Waals surface area (Å²) in [5.74, 6) is 1.59. The number of ether oxygens (including phenoxy) is 1. The van der Waals surface area contributed by atoms with Gasteiger partial charge in [0.25, 0.3) is 0 Å². The molecule has 0 aliphatic rings. The highest BCUT2D eigenvalue weighted by Crippen LogP contribution is 2.10. The van der Waals surface area contributed by atoms with Gasteiger partial charge in [-0.25, -0.2) is 0 Å². The molecule has 0 spiro atoms. The third-order valence-electron chi connectivity index (χ3n) is 4.48. The maximum Gasteiger partial charge on any atom is 0.191 e. The molecule has 0 heterocycles. The predicted octanol–water partition coefficient (Wildman–Crippen LogP) is 2.49. The molecule has 0 aromatic heterocycles. The summed E-state index contributed by atoms with van der Waals surface area (Å²) in [7, 11) is 5.74. The number of likely N-dealkylation sites (N-methyl/N-ethyl adjacent to an activating group) is 2. The van der Waals surface area contributed by atoms with Crippen LogP contribution in [0.5, 0.6) is 0 Å². The van der Waals surface area contributed by atoms with Crippen LogP contribution in [0.15, 0.2) is 4.99 Å². The van der Waals surface area contributed by atoms with Crippen molar-refractivity contribution in [3.63, 3.8) is 0 Å². The third-order valence-corrected chi connectivity index (χ3v) is 4.48. The Morgan fingerprint density at radius 1 is 1.12 bits per heavy atom. The van der Waals surface area contributed by atoms with E-state index in [1.165, 1.54) is 6.42 Å². The van der Waals surface area contributed by atoms with E-state index >= 15 is 0 Å². The van der Waals surface area contributed by atoms with Crippen molar-refractivity contribution in [3.8, 4) is 0 Å². The van der Waals surface area contributed by atoms with E-state index in [4.69, 9.17) is 4.74 Å². The lowest BCUT2D eigenvalue weighted by molar-refractivity contribution is 0.180. The number of aliphatic imine (C=N–C) groups is 1. The van der Waals surface area contributed by atoms with E-state index < -0.39 is 0 Å². The monoisotopic (exact) mass is 485 g/mol. The van der Waals surface area contributed by atoms with Gasteiger partial charge in [0.2, 0.25) is 0 Å². The number of guanidine groups is 1. The van der Waals surface area contributed by atoms with Gasteiger partial charge in [0.1, 0.15) is 0 Å². The first kappa shape index (κ1) is 28.1. The molecule has 0 aliphatic heterocycles. The van der Waals surface area contributed by atoms with E-state index in [-0.39, 0.29) is 24.0 Å². The van der Waals surface area contributed by atoms with E-state index in [9.17, 15) is 0 Å². The largest absolute Gasteiger partial charge is 0.385 e. The minimum Gasteiger partial charge on any atom is -0.385 e. The van der Waals surface area contributed by atoms with Crippen molar-refractivity contribution in [1.29, 1.82) is 0 Å². The van der Waals surface area contributed by atoms with E-state index in [2.05, 4.69) is 60.2 Å². The number of nitrogens with zero attached hydrogens (tertiary/aromatic N) is 3. The first-order valence-corrected chi connectivity index (χ1v) is 9.84. The highest BCUT2D eigenvalue weighted by Gasteiger charge is 2.17. The second-order valence-electron chi connectivity index (χ2n) is 7.03. The fourth-order valence-corrected chi connectivity index (χ4v) is 3.04. The molecule has 0 aromatic carbocycles. The van der Waals surface area contributed by atoms with E-state index in [1.54, 1.807) is 7.11 Å². The number of rotatable bonds is 14. The van der Waals surface area contributed by atoms with Gasteiger partial charge in [-0.3, -0.25) is 9.89 Å². The molecule has 0 radical (unpaired) electrons. The summed E-state index contributed by atoms with van der Waals surface area (Å²) in [5, 5.41) is 6.93. The number of hydrogen-bond acceptors (Lipinski definition) is 4. The van der Waals surface area contributed by atoms with Crippen molar-refractivity contribution in [3.05, 3.63) is 0 Å². The van der Waals surface area contributed by atoms with Crippen LogP contribution in [0.3, 0.4) is 0 Å². The van der Waals surface area contributed by atoms with Crippen LogP contribution in [0, 0.1) is 5.92 Å². The van der Waals surface area contributed by atoms with Gasteiger partial charge in [-0.1, -0.05) is 27.7 Å². The van der Waals surface area contributed by atoms with Crippen LogP contribution in [0.2, 0.25) is 0 Å². The van der Waals surface area contributed by atoms with Crippen LogP contribution in [-0.4, -0.2) is 88.9 Å². The number of methoxy groups -OCH3 is 1. The lowest BCUT2D eigenvalue weighted by Gasteiger charge is -2.31. The zero-order valence-electron chi connectivity index (χ0n) is 18.2. The van der Waals surface area contributed by atoms with Crippen LogP contribution in [0.4, 0.5) is 0 Å². The molecule has 7 heteroatoms. The molecule has 0 bridgehead atoms. The molecule has 2 N–H and O–H groups in total. The fourth-order valence-electron chi connectivity index (χ4n) is 3.04. The summed E-state index contributed by atoms with van der Waals surface area (Å²) >= 11 is 0. The molecule has 0 fully saturated rings. The Morgan fingerprint density at radius 3 is 2.27 bits per heavy atom. The summed E-state index contributed by atoms with van der Waals surface area (Å²) in [5.41, 5.74) is 0. The Kier molecular flexibility index (Phi) is 19.7. The van der Waals surface area contributed by atoms with Crippen molar-refractivity contribution in [2.24, 2.45) is 10.9 Å². The van der Waals surface area contributed by atoms with Crippen LogP contribution in [0.25, 0.3) is 0 Å². The van der Waals surface area contributed by atoms with E-state index in [0.29, 0.717) is 12.0 Å². The fraction of sp³-hybridized carbons (Fsp3) is 0.947. The normalized spacial score (nSPS) is 13.2. The lowest BCUT2D eigenvalue weighted by atomic mass is 10.0. The molecule has 0 saturated heterocycles. The van der Waals surface area contributed by atoms with Gasteiger partial charge in [-0.2, -0.15) is 0 Å². The first-order valence-electron chi connectivity index (χ1n) is 9.84. The maximum atomic E-state index is 5.10. The van der Waals surface area contributed by atoms with Gasteiger partial charge in [-0.05, 0) is 38.9 Å². The molecular formula is C19H44IN5O. The summed E-state index contributed by atoms with van der Waals surface area (Å²) < 4.78 is 5.10. The van der Waals surface area contributed by atoms with Gasteiger partial charge >= 0.3 is 0 Å². The van der Waals surface area contributed by atoms with Crippen LogP contribution in [-0.2, 0) is 4.74 Å². The predicted molar refractivity (Wildman–Crippen MR) is 125 cm³/mol. The molecule has 0 aliphatic carbocycles.